The number of aromatic nitrogens is 2. The van der Waals surface area contributed by atoms with E-state index in [-0.39, 0.29) is 5.91 Å². The first-order valence-electron chi connectivity index (χ1n) is 8.74. The maximum atomic E-state index is 12.3. The summed E-state index contributed by atoms with van der Waals surface area (Å²) < 4.78 is 10.5. The zero-order valence-corrected chi connectivity index (χ0v) is 16.0. The number of methoxy groups -OCH3 is 2. The van der Waals surface area contributed by atoms with Crippen LogP contribution in [0.3, 0.4) is 0 Å². The molecule has 0 aliphatic rings. The molecule has 0 bridgehead atoms. The van der Waals surface area contributed by atoms with E-state index in [2.05, 4.69) is 20.6 Å². The molecular formula is C21H22N4O3. The summed E-state index contributed by atoms with van der Waals surface area (Å²) in [6, 6.07) is 13.4. The highest BCUT2D eigenvalue weighted by molar-refractivity contribution is 5.93. The molecule has 1 aromatic heterocycles. The van der Waals surface area contributed by atoms with Crippen molar-refractivity contribution in [3.05, 3.63) is 71.5 Å². The molecule has 1 amide bonds. The van der Waals surface area contributed by atoms with Crippen molar-refractivity contribution in [1.29, 1.82) is 0 Å². The standard InChI is InChI=1S/C21H22N4O3/c1-14-5-4-6-15(9-14)11-22-20(26)16-12-23-21(24-13-16)25-18-8-7-17(27-2)10-19(18)28-3/h4-10,12-13H,11H2,1-3H3,(H,22,26)(H,23,24,25). The Labute approximate surface area is 163 Å². The maximum absolute atomic E-state index is 12.3. The molecule has 0 saturated heterocycles. The summed E-state index contributed by atoms with van der Waals surface area (Å²) in [5.41, 5.74) is 3.28. The van der Waals surface area contributed by atoms with E-state index in [4.69, 9.17) is 9.47 Å². The first-order valence-corrected chi connectivity index (χ1v) is 8.74. The highest BCUT2D eigenvalue weighted by Gasteiger charge is 2.10. The first-order chi connectivity index (χ1) is 13.6. The van der Waals surface area contributed by atoms with Crippen molar-refractivity contribution in [2.75, 3.05) is 19.5 Å². The highest BCUT2D eigenvalue weighted by Crippen LogP contribution is 2.30. The third-order valence-corrected chi connectivity index (χ3v) is 4.10. The van der Waals surface area contributed by atoms with Crippen LogP contribution in [-0.4, -0.2) is 30.1 Å². The largest absolute Gasteiger partial charge is 0.497 e. The number of benzene rings is 2. The van der Waals surface area contributed by atoms with Gasteiger partial charge < -0.3 is 20.1 Å². The zero-order valence-electron chi connectivity index (χ0n) is 16.0. The Hall–Kier alpha value is -3.61. The molecule has 2 N–H and O–H groups in total. The quantitative estimate of drug-likeness (QED) is 0.655. The summed E-state index contributed by atoms with van der Waals surface area (Å²) in [5, 5.41) is 5.94. The fraction of sp³-hybridized carbons (Fsp3) is 0.190. The lowest BCUT2D eigenvalue weighted by atomic mass is 10.1. The van der Waals surface area contributed by atoms with Crippen LogP contribution in [0.1, 0.15) is 21.5 Å². The number of amides is 1. The molecule has 7 nitrogen and oxygen atoms in total. The van der Waals surface area contributed by atoms with Crippen LogP contribution in [0.25, 0.3) is 0 Å². The van der Waals surface area contributed by atoms with Crippen LogP contribution < -0.4 is 20.1 Å². The maximum Gasteiger partial charge on any atom is 0.254 e. The predicted octanol–water partition coefficient (Wildman–Crippen LogP) is 3.48. The number of carbonyl (C=O) groups is 1. The van der Waals surface area contributed by atoms with Gasteiger partial charge in [-0.2, -0.15) is 0 Å². The van der Waals surface area contributed by atoms with E-state index >= 15 is 0 Å². The average molecular weight is 378 g/mol. The predicted molar refractivity (Wildman–Crippen MR) is 107 cm³/mol. The van der Waals surface area contributed by atoms with Gasteiger partial charge in [0, 0.05) is 25.0 Å². The second kappa shape index (κ2) is 8.85. The molecule has 0 atom stereocenters. The summed E-state index contributed by atoms with van der Waals surface area (Å²) in [5.74, 6) is 1.42. The average Bonchev–Trinajstić information content (AvgIpc) is 2.73. The molecule has 0 aliphatic carbocycles. The van der Waals surface area contributed by atoms with Gasteiger partial charge in [0.25, 0.3) is 5.91 Å². The molecule has 3 rings (SSSR count). The highest BCUT2D eigenvalue weighted by atomic mass is 16.5. The van der Waals surface area contributed by atoms with E-state index < -0.39 is 0 Å². The fourth-order valence-electron chi connectivity index (χ4n) is 2.64. The molecule has 0 radical (unpaired) electrons. The third kappa shape index (κ3) is 4.76. The molecule has 0 spiro atoms. The van der Waals surface area contributed by atoms with E-state index in [1.807, 2.05) is 37.3 Å². The zero-order chi connectivity index (χ0) is 19.9. The van der Waals surface area contributed by atoms with Crippen molar-refractivity contribution < 1.29 is 14.3 Å². The van der Waals surface area contributed by atoms with Crippen LogP contribution in [0.4, 0.5) is 11.6 Å². The SMILES string of the molecule is COc1ccc(Nc2ncc(C(=O)NCc3cccc(C)c3)cn2)c(OC)c1. The molecule has 2 aromatic carbocycles. The van der Waals surface area contributed by atoms with E-state index in [9.17, 15) is 4.79 Å². The number of hydrogen-bond acceptors (Lipinski definition) is 6. The van der Waals surface area contributed by atoms with Gasteiger partial charge in [0.15, 0.2) is 0 Å². The molecule has 0 fully saturated rings. The Morgan fingerprint density at radius 2 is 1.82 bits per heavy atom. The summed E-state index contributed by atoms with van der Waals surface area (Å²) in [4.78, 5) is 20.7. The molecular weight excluding hydrogens is 356 g/mol. The Kier molecular flexibility index (Phi) is 6.06. The Balaban J connectivity index is 1.64. The number of nitrogens with one attached hydrogen (secondary N) is 2. The molecule has 144 valence electrons. The van der Waals surface area contributed by atoms with Gasteiger partial charge in [-0.15, -0.1) is 0 Å². The van der Waals surface area contributed by atoms with Crippen molar-refractivity contribution in [2.45, 2.75) is 13.5 Å². The molecule has 0 unspecified atom stereocenters. The van der Waals surface area contributed by atoms with Gasteiger partial charge in [-0.1, -0.05) is 29.8 Å². The van der Waals surface area contributed by atoms with Gasteiger partial charge in [0.1, 0.15) is 11.5 Å². The summed E-state index contributed by atoms with van der Waals surface area (Å²) in [7, 11) is 3.16. The van der Waals surface area contributed by atoms with Crippen molar-refractivity contribution in [2.24, 2.45) is 0 Å². The van der Waals surface area contributed by atoms with Gasteiger partial charge >= 0.3 is 0 Å². The van der Waals surface area contributed by atoms with Crippen LogP contribution in [0, 0.1) is 6.92 Å². The molecule has 3 aromatic rings. The minimum Gasteiger partial charge on any atom is -0.497 e. The smallest absolute Gasteiger partial charge is 0.254 e. The molecule has 0 aliphatic heterocycles. The molecule has 0 saturated carbocycles. The van der Waals surface area contributed by atoms with Gasteiger partial charge in [-0.3, -0.25) is 4.79 Å². The van der Waals surface area contributed by atoms with Crippen LogP contribution in [0.2, 0.25) is 0 Å². The van der Waals surface area contributed by atoms with Gasteiger partial charge in [-0.25, -0.2) is 9.97 Å². The van der Waals surface area contributed by atoms with E-state index in [0.717, 1.165) is 11.1 Å². The normalized spacial score (nSPS) is 10.2. The lowest BCUT2D eigenvalue weighted by Crippen LogP contribution is -2.23. The Bertz CT molecular complexity index is 958. The summed E-state index contributed by atoms with van der Waals surface area (Å²) in [6.07, 6.45) is 2.97. The minimum absolute atomic E-state index is 0.227. The van der Waals surface area contributed by atoms with Gasteiger partial charge in [-0.05, 0) is 24.6 Å². The van der Waals surface area contributed by atoms with Crippen LogP contribution in [0.5, 0.6) is 11.5 Å². The minimum atomic E-state index is -0.227. The van der Waals surface area contributed by atoms with Crippen molar-refractivity contribution in [1.82, 2.24) is 15.3 Å². The number of aryl methyl sites for hydroxylation is 1. The van der Waals surface area contributed by atoms with Crippen molar-refractivity contribution in [3.63, 3.8) is 0 Å². The van der Waals surface area contributed by atoms with Crippen LogP contribution in [-0.2, 0) is 6.54 Å². The van der Waals surface area contributed by atoms with Gasteiger partial charge in [0.05, 0.1) is 25.5 Å². The molecule has 1 heterocycles. The number of anilines is 2. The number of rotatable bonds is 7. The third-order valence-electron chi connectivity index (χ3n) is 4.10. The second-order valence-corrected chi connectivity index (χ2v) is 6.16. The molecule has 7 heteroatoms. The van der Waals surface area contributed by atoms with Crippen molar-refractivity contribution in [3.8, 4) is 11.5 Å². The fourth-order valence-corrected chi connectivity index (χ4v) is 2.64. The summed E-state index contributed by atoms with van der Waals surface area (Å²) in [6.45, 7) is 2.46. The lowest BCUT2D eigenvalue weighted by Gasteiger charge is -2.11. The van der Waals surface area contributed by atoms with Crippen molar-refractivity contribution >= 4 is 17.5 Å². The van der Waals surface area contributed by atoms with Gasteiger partial charge in [0.2, 0.25) is 5.95 Å². The van der Waals surface area contributed by atoms with E-state index in [1.54, 1.807) is 26.4 Å². The summed E-state index contributed by atoms with van der Waals surface area (Å²) >= 11 is 0. The first kappa shape index (κ1) is 19.2. The Morgan fingerprint density at radius 1 is 1.04 bits per heavy atom. The van der Waals surface area contributed by atoms with E-state index in [1.165, 1.54) is 12.4 Å². The number of hydrogen-bond donors (Lipinski definition) is 2. The monoisotopic (exact) mass is 378 g/mol. The second-order valence-electron chi connectivity index (χ2n) is 6.16. The van der Waals surface area contributed by atoms with Crippen LogP contribution in [0.15, 0.2) is 54.9 Å². The Morgan fingerprint density at radius 3 is 2.50 bits per heavy atom. The number of nitrogens with zero attached hydrogens (tertiary/aromatic N) is 2. The topological polar surface area (TPSA) is 85.4 Å². The number of ether oxygens (including phenoxy) is 2. The van der Waals surface area contributed by atoms with E-state index in [0.29, 0.717) is 35.2 Å². The number of carbonyl (C=O) groups excluding carboxylic acids is 1. The lowest BCUT2D eigenvalue weighted by molar-refractivity contribution is 0.0950. The van der Waals surface area contributed by atoms with Crippen LogP contribution >= 0.6 is 0 Å². The molecule has 28 heavy (non-hydrogen) atoms.